The van der Waals surface area contributed by atoms with Gasteiger partial charge in [0.15, 0.2) is 14.1 Å². The molecule has 0 aromatic rings. The molecule has 0 saturated carbocycles. The Kier molecular flexibility index (Phi) is 7.69. The molecule has 1 N–H and O–H groups in total. The Labute approximate surface area is 143 Å². The van der Waals surface area contributed by atoms with Crippen molar-refractivity contribution in [1.29, 1.82) is 0 Å². The van der Waals surface area contributed by atoms with E-state index in [0.29, 0.717) is 11.5 Å². The van der Waals surface area contributed by atoms with E-state index in [1.807, 2.05) is 0 Å². The van der Waals surface area contributed by atoms with Gasteiger partial charge in [0.25, 0.3) is 0 Å². The lowest BCUT2D eigenvalue weighted by Crippen LogP contribution is -2.40. The largest absolute Gasteiger partial charge is 0.417 e. The lowest BCUT2D eigenvalue weighted by Gasteiger charge is -2.36. The first kappa shape index (κ1) is 20.6. The maximum atomic E-state index is 11.2. The van der Waals surface area contributed by atoms with Gasteiger partial charge >= 0.3 is 0 Å². The Morgan fingerprint density at radius 1 is 1.13 bits per heavy atom. The molecule has 1 rings (SSSR count). The van der Waals surface area contributed by atoms with Crippen molar-refractivity contribution in [3.63, 3.8) is 0 Å². The fraction of sp³-hybridized carbons (Fsp3) is 0.842. The van der Waals surface area contributed by atoms with E-state index in [2.05, 4.69) is 33.9 Å². The molecule has 23 heavy (non-hydrogen) atoms. The SMILES string of the molecule is CC(C)(C)[Si](C)(C)OCCCCCCCCC1(O)C=CC(=O)C1. The van der Waals surface area contributed by atoms with Gasteiger partial charge in [0.2, 0.25) is 0 Å². The summed E-state index contributed by atoms with van der Waals surface area (Å²) in [7, 11) is -1.58. The molecule has 4 heteroatoms. The van der Waals surface area contributed by atoms with Crippen LogP contribution in [0.2, 0.25) is 18.1 Å². The van der Waals surface area contributed by atoms with E-state index in [1.165, 1.54) is 25.3 Å². The summed E-state index contributed by atoms with van der Waals surface area (Å²) in [6, 6.07) is 0. The summed E-state index contributed by atoms with van der Waals surface area (Å²) in [4.78, 5) is 11.2. The van der Waals surface area contributed by atoms with Gasteiger partial charge < -0.3 is 9.53 Å². The van der Waals surface area contributed by atoms with Crippen LogP contribution in [0.3, 0.4) is 0 Å². The highest BCUT2D eigenvalue weighted by Crippen LogP contribution is 2.36. The molecule has 3 nitrogen and oxygen atoms in total. The molecule has 0 aliphatic heterocycles. The number of carbonyl (C=O) groups is 1. The van der Waals surface area contributed by atoms with E-state index >= 15 is 0 Å². The highest BCUT2D eigenvalue weighted by molar-refractivity contribution is 6.74. The van der Waals surface area contributed by atoms with Crippen LogP contribution in [0.4, 0.5) is 0 Å². The van der Waals surface area contributed by atoms with Crippen LogP contribution in [0.1, 0.15) is 72.1 Å². The third-order valence-electron chi connectivity index (χ3n) is 5.33. The van der Waals surface area contributed by atoms with Gasteiger partial charge in [-0.3, -0.25) is 4.79 Å². The molecule has 0 heterocycles. The molecule has 1 atom stereocenters. The van der Waals surface area contributed by atoms with Gasteiger partial charge in [-0.15, -0.1) is 0 Å². The summed E-state index contributed by atoms with van der Waals surface area (Å²) >= 11 is 0. The van der Waals surface area contributed by atoms with Gasteiger partial charge in [0.05, 0.1) is 5.60 Å². The van der Waals surface area contributed by atoms with Crippen molar-refractivity contribution >= 4 is 14.1 Å². The van der Waals surface area contributed by atoms with Crippen LogP contribution in [0, 0.1) is 0 Å². The standard InChI is InChI=1S/C19H36O3Si/c1-18(2,3)23(4,5)22-15-11-9-7-6-8-10-13-19(21)14-12-17(20)16-19/h12,14,21H,6-11,13,15-16H2,1-5H3. The quantitative estimate of drug-likeness (QED) is 0.450. The topological polar surface area (TPSA) is 46.5 Å². The molecule has 134 valence electrons. The van der Waals surface area contributed by atoms with E-state index in [0.717, 1.165) is 25.9 Å². The molecule has 0 aromatic heterocycles. The van der Waals surface area contributed by atoms with Crippen molar-refractivity contribution in [3.05, 3.63) is 12.2 Å². The number of allylic oxidation sites excluding steroid dienone is 1. The van der Waals surface area contributed by atoms with Crippen LogP contribution in [-0.2, 0) is 9.22 Å². The summed E-state index contributed by atoms with van der Waals surface area (Å²) < 4.78 is 6.18. The number of aliphatic hydroxyl groups is 1. The van der Waals surface area contributed by atoms with Crippen molar-refractivity contribution in [2.75, 3.05) is 6.61 Å². The molecule has 1 unspecified atom stereocenters. The second-order valence-electron chi connectivity index (χ2n) is 8.56. The minimum Gasteiger partial charge on any atom is -0.417 e. The Bertz CT molecular complexity index is 409. The normalized spacial score (nSPS) is 22.1. The second-order valence-corrected chi connectivity index (χ2v) is 13.4. The number of hydrogen-bond donors (Lipinski definition) is 1. The number of unbranched alkanes of at least 4 members (excludes halogenated alkanes) is 5. The molecule has 1 aliphatic carbocycles. The van der Waals surface area contributed by atoms with Crippen LogP contribution in [0.25, 0.3) is 0 Å². The molecule has 1 aliphatic rings. The average Bonchev–Trinajstić information content (AvgIpc) is 2.75. The Morgan fingerprint density at radius 2 is 1.70 bits per heavy atom. The highest BCUT2D eigenvalue weighted by atomic mass is 28.4. The Balaban J connectivity index is 1.98. The number of rotatable bonds is 10. The number of carbonyl (C=O) groups excluding carboxylic acids is 1. The fourth-order valence-electron chi connectivity index (χ4n) is 2.62. The second kappa shape index (κ2) is 8.59. The molecule has 0 saturated heterocycles. The third kappa shape index (κ3) is 7.32. The molecule has 0 fully saturated rings. The minimum atomic E-state index is -1.58. The maximum Gasteiger partial charge on any atom is 0.191 e. The summed E-state index contributed by atoms with van der Waals surface area (Å²) in [5.41, 5.74) is -0.853. The van der Waals surface area contributed by atoms with Crippen LogP contribution in [-0.4, -0.2) is 31.4 Å². The summed E-state index contributed by atoms with van der Waals surface area (Å²) in [6.07, 6.45) is 11.1. The smallest absolute Gasteiger partial charge is 0.191 e. The van der Waals surface area contributed by atoms with Crippen molar-refractivity contribution in [2.45, 2.75) is 95.9 Å². The lowest BCUT2D eigenvalue weighted by molar-refractivity contribution is -0.116. The predicted octanol–water partition coefficient (Wildman–Crippen LogP) is 5.00. The molecular weight excluding hydrogens is 304 g/mol. The zero-order valence-electron chi connectivity index (χ0n) is 15.8. The zero-order valence-corrected chi connectivity index (χ0v) is 16.8. The van der Waals surface area contributed by atoms with Crippen LogP contribution >= 0.6 is 0 Å². The van der Waals surface area contributed by atoms with E-state index in [9.17, 15) is 9.90 Å². The molecular formula is C19H36O3Si. The monoisotopic (exact) mass is 340 g/mol. The molecule has 0 bridgehead atoms. The maximum absolute atomic E-state index is 11.2. The van der Waals surface area contributed by atoms with Crippen molar-refractivity contribution in [2.24, 2.45) is 0 Å². The van der Waals surface area contributed by atoms with Gasteiger partial charge in [-0.2, -0.15) is 0 Å². The van der Waals surface area contributed by atoms with Crippen LogP contribution in [0.15, 0.2) is 12.2 Å². The molecule has 0 aromatic carbocycles. The van der Waals surface area contributed by atoms with Crippen molar-refractivity contribution in [1.82, 2.24) is 0 Å². The van der Waals surface area contributed by atoms with E-state index in [4.69, 9.17) is 4.43 Å². The van der Waals surface area contributed by atoms with Gasteiger partial charge in [-0.25, -0.2) is 0 Å². The first-order valence-corrected chi connectivity index (χ1v) is 12.1. The van der Waals surface area contributed by atoms with E-state index < -0.39 is 13.9 Å². The van der Waals surface area contributed by atoms with Crippen LogP contribution < -0.4 is 0 Å². The highest BCUT2D eigenvalue weighted by Gasteiger charge is 2.36. The van der Waals surface area contributed by atoms with Crippen molar-refractivity contribution < 1.29 is 14.3 Å². The molecule has 0 amide bonds. The predicted molar refractivity (Wildman–Crippen MR) is 99.2 cm³/mol. The zero-order chi connectivity index (χ0) is 17.6. The number of ketones is 1. The van der Waals surface area contributed by atoms with Gasteiger partial charge in [0.1, 0.15) is 0 Å². The lowest BCUT2D eigenvalue weighted by atomic mass is 9.95. The minimum absolute atomic E-state index is 0.0502. The Morgan fingerprint density at radius 3 is 2.22 bits per heavy atom. The first-order chi connectivity index (χ1) is 10.6. The number of hydrogen-bond acceptors (Lipinski definition) is 3. The van der Waals surface area contributed by atoms with Crippen LogP contribution in [0.5, 0.6) is 0 Å². The summed E-state index contributed by atoms with van der Waals surface area (Å²) in [5, 5.41) is 10.5. The van der Waals surface area contributed by atoms with Gasteiger partial charge in [-0.1, -0.05) is 52.9 Å². The van der Waals surface area contributed by atoms with Crippen molar-refractivity contribution in [3.8, 4) is 0 Å². The molecule has 0 radical (unpaired) electrons. The average molecular weight is 341 g/mol. The Hall–Kier alpha value is -0.453. The van der Waals surface area contributed by atoms with E-state index in [1.54, 1.807) is 6.08 Å². The fourth-order valence-corrected chi connectivity index (χ4v) is 3.71. The first-order valence-electron chi connectivity index (χ1n) is 9.14. The summed E-state index contributed by atoms with van der Waals surface area (Å²) in [5.74, 6) is 0.0502. The van der Waals surface area contributed by atoms with Gasteiger partial charge in [-0.05, 0) is 43.1 Å². The van der Waals surface area contributed by atoms with Gasteiger partial charge in [0, 0.05) is 13.0 Å². The molecule has 0 spiro atoms. The summed E-state index contributed by atoms with van der Waals surface area (Å²) in [6.45, 7) is 12.3. The van der Waals surface area contributed by atoms with E-state index in [-0.39, 0.29) is 12.2 Å². The third-order valence-corrected chi connectivity index (χ3v) is 9.87.